The molecule has 1 heterocycles. The average molecular weight is 458 g/mol. The molecule has 0 spiro atoms. The molecule has 8 heteroatoms. The van der Waals surface area contributed by atoms with Crippen LogP contribution in [-0.2, 0) is 14.9 Å². The molecule has 0 aliphatic rings. The van der Waals surface area contributed by atoms with Gasteiger partial charge in [0.2, 0.25) is 0 Å². The van der Waals surface area contributed by atoms with E-state index >= 15 is 0 Å². The maximum absolute atomic E-state index is 13.3. The van der Waals surface area contributed by atoms with Gasteiger partial charge in [-0.25, -0.2) is 9.07 Å². The first-order valence-electron chi connectivity index (χ1n) is 10.1. The highest BCUT2D eigenvalue weighted by atomic mass is 35.5. The van der Waals surface area contributed by atoms with Gasteiger partial charge in [-0.15, -0.1) is 0 Å². The number of ether oxygens (including phenoxy) is 1. The number of amides is 1. The molecule has 6 nitrogen and oxygen atoms in total. The fraction of sp³-hybridized carbons (Fsp3) is 0.292. The molecule has 0 bridgehead atoms. The molecule has 168 valence electrons. The van der Waals surface area contributed by atoms with Gasteiger partial charge in [-0.05, 0) is 42.8 Å². The first-order valence-corrected chi connectivity index (χ1v) is 10.4. The number of halogens is 2. The van der Waals surface area contributed by atoms with Crippen LogP contribution >= 0.6 is 11.6 Å². The summed E-state index contributed by atoms with van der Waals surface area (Å²) in [5.74, 6) is -1.76. The average Bonchev–Trinajstić information content (AvgIpc) is 3.21. The lowest BCUT2D eigenvalue weighted by Crippen LogP contribution is -2.20. The summed E-state index contributed by atoms with van der Waals surface area (Å²) in [6.07, 6.45) is 1.61. The second-order valence-corrected chi connectivity index (χ2v) is 8.85. The van der Waals surface area contributed by atoms with Gasteiger partial charge in [-0.2, -0.15) is 5.10 Å². The third-order valence-corrected chi connectivity index (χ3v) is 5.48. The molecule has 0 aliphatic heterocycles. The summed E-state index contributed by atoms with van der Waals surface area (Å²) < 4.78 is 19.7. The van der Waals surface area contributed by atoms with E-state index in [1.807, 2.05) is 20.8 Å². The normalized spacial score (nSPS) is 12.3. The molecule has 1 N–H and O–H groups in total. The van der Waals surface area contributed by atoms with Crippen LogP contribution in [0, 0.1) is 5.82 Å². The Morgan fingerprint density at radius 2 is 1.81 bits per heavy atom. The zero-order chi connectivity index (χ0) is 23.6. The zero-order valence-corrected chi connectivity index (χ0v) is 19.3. The summed E-state index contributed by atoms with van der Waals surface area (Å²) in [7, 11) is 1.31. The van der Waals surface area contributed by atoms with Crippen LogP contribution in [0.4, 0.5) is 10.1 Å². The SMILES string of the molecule is COC(=O)C(C)c1cccc(NC(=O)c2cn(-c3ccc(F)cc3)nc2C(C)(C)C)c1Cl. The molecule has 1 unspecified atom stereocenters. The molecular weight excluding hydrogens is 433 g/mol. The second kappa shape index (κ2) is 9.12. The van der Waals surface area contributed by atoms with Crippen molar-refractivity contribution in [2.75, 3.05) is 12.4 Å². The fourth-order valence-corrected chi connectivity index (χ4v) is 3.63. The topological polar surface area (TPSA) is 73.2 Å². The summed E-state index contributed by atoms with van der Waals surface area (Å²) in [5, 5.41) is 7.68. The number of hydrogen-bond donors (Lipinski definition) is 1. The van der Waals surface area contributed by atoms with Crippen molar-refractivity contribution in [2.45, 2.75) is 39.0 Å². The van der Waals surface area contributed by atoms with Crippen molar-refractivity contribution in [3.8, 4) is 5.69 Å². The fourth-order valence-electron chi connectivity index (χ4n) is 3.29. The Morgan fingerprint density at radius 1 is 1.16 bits per heavy atom. The van der Waals surface area contributed by atoms with E-state index in [1.165, 1.54) is 19.2 Å². The molecule has 0 saturated heterocycles. The molecule has 32 heavy (non-hydrogen) atoms. The first-order chi connectivity index (χ1) is 15.0. The van der Waals surface area contributed by atoms with Crippen LogP contribution in [0.1, 0.15) is 55.2 Å². The van der Waals surface area contributed by atoms with Gasteiger partial charge in [0.05, 0.1) is 40.7 Å². The molecule has 0 aliphatic carbocycles. The van der Waals surface area contributed by atoms with E-state index in [2.05, 4.69) is 10.4 Å². The quantitative estimate of drug-likeness (QED) is 0.514. The van der Waals surface area contributed by atoms with Gasteiger partial charge in [0.1, 0.15) is 5.82 Å². The van der Waals surface area contributed by atoms with Crippen LogP contribution in [0.5, 0.6) is 0 Å². The van der Waals surface area contributed by atoms with Gasteiger partial charge in [0.25, 0.3) is 5.91 Å². The first kappa shape index (κ1) is 23.5. The number of benzene rings is 2. The molecule has 3 rings (SSSR count). The van der Waals surface area contributed by atoms with Gasteiger partial charge in [0.15, 0.2) is 0 Å². The Bertz CT molecular complexity index is 1150. The highest BCUT2D eigenvalue weighted by molar-refractivity contribution is 6.35. The molecule has 3 aromatic rings. The largest absolute Gasteiger partial charge is 0.469 e. The summed E-state index contributed by atoms with van der Waals surface area (Å²) in [6, 6.07) is 10.9. The van der Waals surface area contributed by atoms with Crippen LogP contribution in [0.2, 0.25) is 5.02 Å². The van der Waals surface area contributed by atoms with E-state index in [0.29, 0.717) is 28.2 Å². The summed E-state index contributed by atoms with van der Waals surface area (Å²) in [4.78, 5) is 25.2. The van der Waals surface area contributed by atoms with Crippen molar-refractivity contribution in [3.63, 3.8) is 0 Å². The minimum atomic E-state index is -0.587. The van der Waals surface area contributed by atoms with Crippen molar-refractivity contribution >= 4 is 29.2 Å². The predicted molar refractivity (Wildman–Crippen MR) is 122 cm³/mol. The number of rotatable bonds is 5. The number of nitrogens with zero attached hydrogens (tertiary/aromatic N) is 2. The van der Waals surface area contributed by atoms with Gasteiger partial charge in [0, 0.05) is 11.6 Å². The van der Waals surface area contributed by atoms with Gasteiger partial charge < -0.3 is 10.1 Å². The molecule has 1 atom stereocenters. The van der Waals surface area contributed by atoms with Crippen LogP contribution in [-0.4, -0.2) is 28.8 Å². The number of carbonyl (C=O) groups is 2. The minimum absolute atomic E-state index is 0.266. The molecule has 0 radical (unpaired) electrons. The number of aromatic nitrogens is 2. The number of methoxy groups -OCH3 is 1. The maximum atomic E-state index is 13.3. The van der Waals surface area contributed by atoms with Crippen LogP contribution in [0.3, 0.4) is 0 Å². The zero-order valence-electron chi connectivity index (χ0n) is 18.6. The van der Waals surface area contributed by atoms with E-state index in [4.69, 9.17) is 16.3 Å². The molecule has 1 amide bonds. The number of anilines is 1. The maximum Gasteiger partial charge on any atom is 0.312 e. The van der Waals surface area contributed by atoms with Gasteiger partial charge in [-0.3, -0.25) is 9.59 Å². The van der Waals surface area contributed by atoms with E-state index in [0.717, 1.165) is 0 Å². The Hall–Kier alpha value is -3.19. The van der Waals surface area contributed by atoms with Crippen molar-refractivity contribution in [2.24, 2.45) is 0 Å². The van der Waals surface area contributed by atoms with Crippen LogP contribution in [0.15, 0.2) is 48.7 Å². The number of hydrogen-bond acceptors (Lipinski definition) is 4. The standard InChI is InChI=1S/C24H25ClFN3O3/c1-14(23(31)32-5)17-7-6-8-19(20(17)25)27-22(30)18-13-29(28-21(18)24(2,3)4)16-11-9-15(26)10-12-16/h6-14H,1-5H3,(H,27,30). The molecule has 0 saturated carbocycles. The number of nitrogens with one attached hydrogen (secondary N) is 1. The lowest BCUT2D eigenvalue weighted by molar-refractivity contribution is -0.141. The molecule has 0 fully saturated rings. The Balaban J connectivity index is 1.98. The minimum Gasteiger partial charge on any atom is -0.469 e. The van der Waals surface area contributed by atoms with Crippen molar-refractivity contribution < 1.29 is 18.7 Å². The van der Waals surface area contributed by atoms with Crippen molar-refractivity contribution in [1.82, 2.24) is 9.78 Å². The third kappa shape index (κ3) is 4.83. The lowest BCUT2D eigenvalue weighted by Gasteiger charge is -2.18. The van der Waals surface area contributed by atoms with E-state index in [-0.39, 0.29) is 10.8 Å². The van der Waals surface area contributed by atoms with Gasteiger partial charge in [-0.1, -0.05) is 44.5 Å². The summed E-state index contributed by atoms with van der Waals surface area (Å²) >= 11 is 6.50. The Kier molecular flexibility index (Phi) is 6.69. The van der Waals surface area contributed by atoms with Crippen molar-refractivity contribution in [1.29, 1.82) is 0 Å². The predicted octanol–water partition coefficient (Wildman–Crippen LogP) is 5.49. The Labute approximate surface area is 191 Å². The highest BCUT2D eigenvalue weighted by Crippen LogP contribution is 2.33. The van der Waals surface area contributed by atoms with E-state index in [1.54, 1.807) is 48.1 Å². The van der Waals surface area contributed by atoms with E-state index in [9.17, 15) is 14.0 Å². The monoisotopic (exact) mass is 457 g/mol. The Morgan fingerprint density at radius 3 is 2.41 bits per heavy atom. The number of esters is 1. The summed E-state index contributed by atoms with van der Waals surface area (Å²) in [6.45, 7) is 7.54. The second-order valence-electron chi connectivity index (χ2n) is 8.47. The molecule has 1 aromatic heterocycles. The van der Waals surface area contributed by atoms with E-state index < -0.39 is 23.2 Å². The van der Waals surface area contributed by atoms with Crippen LogP contribution in [0.25, 0.3) is 5.69 Å². The molecule has 2 aromatic carbocycles. The van der Waals surface area contributed by atoms with Gasteiger partial charge >= 0.3 is 5.97 Å². The third-order valence-electron chi connectivity index (χ3n) is 5.06. The lowest BCUT2D eigenvalue weighted by atomic mass is 9.89. The number of carbonyl (C=O) groups excluding carboxylic acids is 2. The highest BCUT2D eigenvalue weighted by Gasteiger charge is 2.27. The summed E-state index contributed by atoms with van der Waals surface area (Å²) in [5.41, 5.74) is 2.07. The smallest absolute Gasteiger partial charge is 0.312 e. The molecular formula is C24H25ClFN3O3. The van der Waals surface area contributed by atoms with Crippen LogP contribution < -0.4 is 5.32 Å². The van der Waals surface area contributed by atoms with Crippen molar-refractivity contribution in [3.05, 3.63) is 76.3 Å².